The van der Waals surface area contributed by atoms with Gasteiger partial charge in [-0.1, -0.05) is 54.1 Å². The number of hydrogen-bond acceptors (Lipinski definition) is 4. The second-order valence-electron chi connectivity index (χ2n) is 7.04. The van der Waals surface area contributed by atoms with E-state index in [0.29, 0.717) is 24.3 Å². The standard InChI is InChI=1S/C22H14ClF6NO4S/c23-18-9-5-4-8-17(18)19(31)34-20(21(24,25)26,22(27,28)29)14-10-12-15(13-11-14)30-35(32,33)16-6-2-1-3-7-16/h1-13,30H. The van der Waals surface area contributed by atoms with Crippen LogP contribution in [0.25, 0.3) is 0 Å². The molecule has 0 spiro atoms. The fraction of sp³-hybridized carbons (Fsp3) is 0.136. The number of benzene rings is 3. The van der Waals surface area contributed by atoms with E-state index in [-0.39, 0.29) is 10.6 Å². The van der Waals surface area contributed by atoms with Crippen LogP contribution in [0.1, 0.15) is 15.9 Å². The van der Waals surface area contributed by atoms with Crippen LogP contribution in [0.5, 0.6) is 0 Å². The van der Waals surface area contributed by atoms with E-state index < -0.39 is 50.1 Å². The van der Waals surface area contributed by atoms with Gasteiger partial charge in [0.15, 0.2) is 0 Å². The summed E-state index contributed by atoms with van der Waals surface area (Å²) in [5.74, 6) is -1.96. The van der Waals surface area contributed by atoms with Crippen LogP contribution in [-0.2, 0) is 20.4 Å². The molecule has 0 saturated heterocycles. The van der Waals surface area contributed by atoms with Crippen molar-refractivity contribution in [2.24, 2.45) is 0 Å². The van der Waals surface area contributed by atoms with E-state index in [0.717, 1.165) is 12.1 Å². The van der Waals surface area contributed by atoms with E-state index in [1.165, 1.54) is 36.4 Å². The molecule has 3 aromatic rings. The molecule has 3 rings (SSSR count). The van der Waals surface area contributed by atoms with Crippen molar-refractivity contribution < 1.29 is 44.3 Å². The number of alkyl halides is 6. The minimum atomic E-state index is -6.15. The molecule has 0 aromatic heterocycles. The molecule has 0 heterocycles. The Morgan fingerprint density at radius 3 is 1.80 bits per heavy atom. The van der Waals surface area contributed by atoms with Gasteiger partial charge in [0.25, 0.3) is 10.0 Å². The van der Waals surface area contributed by atoms with Gasteiger partial charge in [-0.15, -0.1) is 0 Å². The number of nitrogens with one attached hydrogen (secondary N) is 1. The molecule has 13 heteroatoms. The lowest BCUT2D eigenvalue weighted by Gasteiger charge is -2.37. The summed E-state index contributed by atoms with van der Waals surface area (Å²) in [4.78, 5) is 12.2. The summed E-state index contributed by atoms with van der Waals surface area (Å²) in [6, 6.07) is 13.5. The van der Waals surface area contributed by atoms with Crippen molar-refractivity contribution in [1.82, 2.24) is 0 Å². The van der Waals surface area contributed by atoms with Crippen LogP contribution in [0.3, 0.4) is 0 Å². The maximum atomic E-state index is 14.0. The molecule has 0 aliphatic carbocycles. The van der Waals surface area contributed by atoms with Gasteiger partial charge in [-0.2, -0.15) is 26.3 Å². The van der Waals surface area contributed by atoms with Gasteiger partial charge in [0.1, 0.15) is 0 Å². The first kappa shape index (κ1) is 26.4. The number of carbonyl (C=O) groups excluding carboxylic acids is 1. The minimum absolute atomic E-state index is 0.183. The van der Waals surface area contributed by atoms with Crippen molar-refractivity contribution in [3.05, 3.63) is 95.0 Å². The van der Waals surface area contributed by atoms with Gasteiger partial charge >= 0.3 is 23.9 Å². The van der Waals surface area contributed by atoms with Gasteiger partial charge in [-0.25, -0.2) is 13.2 Å². The first-order chi connectivity index (χ1) is 16.2. The van der Waals surface area contributed by atoms with Gasteiger partial charge in [0.2, 0.25) is 0 Å². The monoisotopic (exact) mass is 537 g/mol. The SMILES string of the molecule is O=C(OC(c1ccc(NS(=O)(=O)c2ccccc2)cc1)(C(F)(F)F)C(F)(F)F)c1ccccc1Cl. The summed E-state index contributed by atoms with van der Waals surface area (Å²) in [5.41, 5.74) is -7.60. The van der Waals surface area contributed by atoms with E-state index in [2.05, 4.69) is 4.74 Å². The molecule has 0 bridgehead atoms. The third-order valence-electron chi connectivity index (χ3n) is 4.74. The Labute approximate surface area is 200 Å². The third-order valence-corrected chi connectivity index (χ3v) is 6.46. The van der Waals surface area contributed by atoms with Crippen LogP contribution in [0.15, 0.2) is 83.8 Å². The molecular formula is C22H14ClF6NO4S. The van der Waals surface area contributed by atoms with Crippen molar-refractivity contribution in [3.63, 3.8) is 0 Å². The Bertz CT molecular complexity index is 1300. The van der Waals surface area contributed by atoms with Crippen LogP contribution in [0, 0.1) is 0 Å². The Morgan fingerprint density at radius 2 is 1.29 bits per heavy atom. The average Bonchev–Trinajstić information content (AvgIpc) is 2.77. The first-order valence-electron chi connectivity index (χ1n) is 9.49. The molecule has 0 unspecified atom stereocenters. The zero-order valence-corrected chi connectivity index (χ0v) is 18.8. The molecule has 3 aromatic carbocycles. The quantitative estimate of drug-likeness (QED) is 0.295. The van der Waals surface area contributed by atoms with E-state index in [9.17, 15) is 39.6 Å². The molecule has 1 N–H and O–H groups in total. The lowest BCUT2D eigenvalue weighted by Crippen LogP contribution is -2.56. The van der Waals surface area contributed by atoms with Gasteiger partial charge in [-0.3, -0.25) is 4.72 Å². The summed E-state index contributed by atoms with van der Waals surface area (Å²) in [6.45, 7) is 0. The molecule has 0 radical (unpaired) electrons. The number of hydrogen-bond donors (Lipinski definition) is 1. The molecule has 0 fully saturated rings. The van der Waals surface area contributed by atoms with Crippen LogP contribution < -0.4 is 4.72 Å². The Morgan fingerprint density at radius 1 is 0.771 bits per heavy atom. The van der Waals surface area contributed by atoms with Gasteiger partial charge in [0, 0.05) is 11.3 Å². The smallest absolute Gasteiger partial charge is 0.431 e. The predicted molar refractivity (Wildman–Crippen MR) is 114 cm³/mol. The summed E-state index contributed by atoms with van der Waals surface area (Å²) in [7, 11) is -4.17. The Balaban J connectivity index is 2.04. The van der Waals surface area contributed by atoms with E-state index >= 15 is 0 Å². The molecule has 0 aliphatic heterocycles. The number of ether oxygens (including phenoxy) is 1. The third kappa shape index (κ3) is 5.22. The van der Waals surface area contributed by atoms with Crippen LogP contribution in [-0.4, -0.2) is 26.7 Å². The zero-order valence-electron chi connectivity index (χ0n) is 17.2. The fourth-order valence-corrected chi connectivity index (χ4v) is 4.36. The average molecular weight is 538 g/mol. The van der Waals surface area contributed by atoms with E-state index in [4.69, 9.17) is 11.6 Å². The summed E-state index contributed by atoms with van der Waals surface area (Å²) in [6.07, 6.45) is -12.3. The first-order valence-corrected chi connectivity index (χ1v) is 11.3. The molecule has 35 heavy (non-hydrogen) atoms. The summed E-state index contributed by atoms with van der Waals surface area (Å²) < 4.78 is 115. The van der Waals surface area contributed by atoms with Crippen LogP contribution in [0.4, 0.5) is 32.0 Å². The largest absolute Gasteiger partial charge is 0.442 e. The summed E-state index contributed by atoms with van der Waals surface area (Å²) >= 11 is 5.73. The van der Waals surface area contributed by atoms with E-state index in [1.807, 2.05) is 4.72 Å². The van der Waals surface area contributed by atoms with Crippen LogP contribution >= 0.6 is 11.6 Å². The van der Waals surface area contributed by atoms with Crippen molar-refractivity contribution in [1.29, 1.82) is 0 Å². The summed E-state index contributed by atoms with van der Waals surface area (Å²) in [5, 5.41) is -0.415. The van der Waals surface area contributed by atoms with Gasteiger partial charge < -0.3 is 4.74 Å². The van der Waals surface area contributed by atoms with Crippen molar-refractivity contribution >= 4 is 33.3 Å². The highest BCUT2D eigenvalue weighted by atomic mass is 35.5. The maximum absolute atomic E-state index is 14.0. The lowest BCUT2D eigenvalue weighted by atomic mass is 9.91. The molecule has 0 atom stereocenters. The van der Waals surface area contributed by atoms with Gasteiger partial charge in [0.05, 0.1) is 15.5 Å². The normalized spacial score (nSPS) is 12.8. The van der Waals surface area contributed by atoms with Gasteiger partial charge in [-0.05, 0) is 36.4 Å². The van der Waals surface area contributed by atoms with Crippen molar-refractivity contribution in [2.75, 3.05) is 4.72 Å². The fourth-order valence-electron chi connectivity index (χ4n) is 3.07. The molecule has 186 valence electrons. The highest BCUT2D eigenvalue weighted by Gasteiger charge is 2.75. The zero-order chi connectivity index (χ0) is 26.1. The highest BCUT2D eigenvalue weighted by Crippen LogP contribution is 2.53. The molecule has 0 aliphatic rings. The number of rotatable bonds is 6. The van der Waals surface area contributed by atoms with E-state index in [1.54, 1.807) is 6.07 Å². The molecular weight excluding hydrogens is 524 g/mol. The van der Waals surface area contributed by atoms with Crippen molar-refractivity contribution in [2.45, 2.75) is 22.8 Å². The second kappa shape index (κ2) is 9.42. The predicted octanol–water partition coefficient (Wildman–Crippen LogP) is 6.32. The number of halogens is 7. The number of carbonyl (C=O) groups is 1. The lowest BCUT2D eigenvalue weighted by molar-refractivity contribution is -0.373. The molecule has 0 amide bonds. The number of sulfonamides is 1. The minimum Gasteiger partial charge on any atom is -0.431 e. The topological polar surface area (TPSA) is 72.5 Å². The Hall–Kier alpha value is -3.25. The van der Waals surface area contributed by atoms with Crippen LogP contribution in [0.2, 0.25) is 5.02 Å². The maximum Gasteiger partial charge on any atom is 0.442 e. The second-order valence-corrected chi connectivity index (χ2v) is 9.13. The van der Waals surface area contributed by atoms with Crippen molar-refractivity contribution in [3.8, 4) is 0 Å². The Kier molecular flexibility index (Phi) is 7.09. The number of anilines is 1. The molecule has 0 saturated carbocycles. The number of esters is 1. The molecule has 5 nitrogen and oxygen atoms in total. The highest BCUT2D eigenvalue weighted by molar-refractivity contribution is 7.92.